The number of aromatic nitrogens is 1. The predicted molar refractivity (Wildman–Crippen MR) is 85.8 cm³/mol. The second-order valence-corrected chi connectivity index (χ2v) is 5.75. The number of hydrogen-bond acceptors (Lipinski definition) is 3. The van der Waals surface area contributed by atoms with Crippen molar-refractivity contribution in [2.45, 2.75) is 13.3 Å². The van der Waals surface area contributed by atoms with E-state index in [2.05, 4.69) is 15.2 Å². The molecule has 1 aliphatic rings. The third-order valence-corrected chi connectivity index (χ3v) is 4.17. The fourth-order valence-electron chi connectivity index (χ4n) is 2.89. The molecule has 2 heterocycles. The largest absolute Gasteiger partial charge is 0.370 e. The van der Waals surface area contributed by atoms with Gasteiger partial charge in [0.1, 0.15) is 0 Å². The number of carbonyl (C=O) groups excluding carboxylic acids is 1. The van der Waals surface area contributed by atoms with Crippen LogP contribution in [0.3, 0.4) is 0 Å². The summed E-state index contributed by atoms with van der Waals surface area (Å²) in [5, 5.41) is 4.65. The SMILES string of the molecule is CCNC(=O)C1CCN(c2ccnc3ccc(Cl)cc23)C1. The first-order chi connectivity index (χ1) is 10.2. The van der Waals surface area contributed by atoms with Crippen molar-refractivity contribution in [1.29, 1.82) is 0 Å². The van der Waals surface area contributed by atoms with E-state index in [1.807, 2.05) is 37.4 Å². The van der Waals surface area contributed by atoms with Crippen LogP contribution in [0.4, 0.5) is 5.69 Å². The van der Waals surface area contributed by atoms with E-state index < -0.39 is 0 Å². The number of rotatable bonds is 3. The Bertz CT molecular complexity index is 674. The lowest BCUT2D eigenvalue weighted by Gasteiger charge is -2.20. The second kappa shape index (κ2) is 5.90. The highest BCUT2D eigenvalue weighted by Gasteiger charge is 2.28. The van der Waals surface area contributed by atoms with Gasteiger partial charge in [0.25, 0.3) is 0 Å². The highest BCUT2D eigenvalue weighted by Crippen LogP contribution is 2.31. The number of nitrogens with one attached hydrogen (secondary N) is 1. The minimum absolute atomic E-state index is 0.0624. The van der Waals surface area contributed by atoms with E-state index in [0.717, 1.165) is 36.1 Å². The van der Waals surface area contributed by atoms with Crippen molar-refractivity contribution in [3.05, 3.63) is 35.5 Å². The molecule has 0 spiro atoms. The average molecular weight is 304 g/mol. The molecule has 3 rings (SSSR count). The molecular formula is C16H18ClN3O. The van der Waals surface area contributed by atoms with Gasteiger partial charge in [0.2, 0.25) is 5.91 Å². The molecule has 1 aromatic heterocycles. The van der Waals surface area contributed by atoms with E-state index in [1.165, 1.54) is 0 Å². The standard InChI is InChI=1S/C16H18ClN3O/c1-2-18-16(21)11-6-8-20(10-11)15-5-7-19-14-4-3-12(17)9-13(14)15/h3-5,7,9,11H,2,6,8,10H2,1H3,(H,18,21). The van der Waals surface area contributed by atoms with Gasteiger partial charge in [-0.2, -0.15) is 0 Å². The van der Waals surface area contributed by atoms with Crippen LogP contribution in [0.2, 0.25) is 5.02 Å². The molecule has 1 unspecified atom stereocenters. The van der Waals surface area contributed by atoms with Crippen LogP contribution in [0, 0.1) is 5.92 Å². The van der Waals surface area contributed by atoms with Gasteiger partial charge in [-0.05, 0) is 37.6 Å². The van der Waals surface area contributed by atoms with E-state index in [9.17, 15) is 4.79 Å². The molecule has 110 valence electrons. The molecule has 0 bridgehead atoms. The quantitative estimate of drug-likeness (QED) is 0.948. The first-order valence-corrected chi connectivity index (χ1v) is 7.63. The summed E-state index contributed by atoms with van der Waals surface area (Å²) in [6.07, 6.45) is 2.70. The van der Waals surface area contributed by atoms with E-state index in [-0.39, 0.29) is 11.8 Å². The summed E-state index contributed by atoms with van der Waals surface area (Å²) in [7, 11) is 0. The van der Waals surface area contributed by atoms with Crippen LogP contribution in [0.1, 0.15) is 13.3 Å². The van der Waals surface area contributed by atoms with Gasteiger partial charge < -0.3 is 10.2 Å². The molecule has 5 heteroatoms. The first kappa shape index (κ1) is 14.1. The summed E-state index contributed by atoms with van der Waals surface area (Å²) >= 11 is 6.11. The highest BCUT2D eigenvalue weighted by atomic mass is 35.5. The Balaban J connectivity index is 1.88. The maximum absolute atomic E-state index is 12.0. The molecule has 2 aromatic rings. The van der Waals surface area contributed by atoms with Crippen molar-refractivity contribution in [1.82, 2.24) is 10.3 Å². The monoisotopic (exact) mass is 303 g/mol. The van der Waals surface area contributed by atoms with Crippen molar-refractivity contribution in [2.24, 2.45) is 5.92 Å². The Kier molecular flexibility index (Phi) is 3.97. The second-order valence-electron chi connectivity index (χ2n) is 5.32. The summed E-state index contributed by atoms with van der Waals surface area (Å²) in [5.41, 5.74) is 2.03. The van der Waals surface area contributed by atoms with Crippen LogP contribution in [0.15, 0.2) is 30.5 Å². The van der Waals surface area contributed by atoms with Crippen LogP contribution in [0.25, 0.3) is 10.9 Å². The Morgan fingerprint density at radius 1 is 1.48 bits per heavy atom. The zero-order valence-electron chi connectivity index (χ0n) is 12.0. The summed E-state index contributed by atoms with van der Waals surface area (Å²) < 4.78 is 0. The summed E-state index contributed by atoms with van der Waals surface area (Å²) in [6.45, 7) is 4.26. The maximum Gasteiger partial charge on any atom is 0.224 e. The normalized spacial score (nSPS) is 18.2. The number of hydrogen-bond donors (Lipinski definition) is 1. The Morgan fingerprint density at radius 3 is 3.14 bits per heavy atom. The van der Waals surface area contributed by atoms with Crippen molar-refractivity contribution < 1.29 is 4.79 Å². The summed E-state index contributed by atoms with van der Waals surface area (Å²) in [4.78, 5) is 18.6. The average Bonchev–Trinajstić information content (AvgIpc) is 2.96. The lowest BCUT2D eigenvalue weighted by molar-refractivity contribution is -0.124. The molecule has 0 saturated carbocycles. The fourth-order valence-corrected chi connectivity index (χ4v) is 3.06. The van der Waals surface area contributed by atoms with Crippen molar-refractivity contribution in [2.75, 3.05) is 24.5 Å². The van der Waals surface area contributed by atoms with Gasteiger partial charge >= 0.3 is 0 Å². The van der Waals surface area contributed by atoms with Gasteiger partial charge in [0.15, 0.2) is 0 Å². The molecule has 1 aliphatic heterocycles. The lowest BCUT2D eigenvalue weighted by Crippen LogP contribution is -2.32. The number of amides is 1. The Hall–Kier alpha value is -1.81. The number of carbonyl (C=O) groups is 1. The summed E-state index contributed by atoms with van der Waals surface area (Å²) in [5.74, 6) is 0.212. The number of nitrogens with zero attached hydrogens (tertiary/aromatic N) is 2. The van der Waals surface area contributed by atoms with Crippen LogP contribution >= 0.6 is 11.6 Å². The van der Waals surface area contributed by atoms with Crippen molar-refractivity contribution in [3.8, 4) is 0 Å². The van der Waals surface area contributed by atoms with E-state index in [0.29, 0.717) is 11.6 Å². The molecule has 4 nitrogen and oxygen atoms in total. The molecule has 1 fully saturated rings. The molecular weight excluding hydrogens is 286 g/mol. The molecule has 1 N–H and O–H groups in total. The minimum atomic E-state index is 0.0624. The van der Waals surface area contributed by atoms with Crippen molar-refractivity contribution in [3.63, 3.8) is 0 Å². The number of anilines is 1. The topological polar surface area (TPSA) is 45.2 Å². The first-order valence-electron chi connectivity index (χ1n) is 7.26. The van der Waals surface area contributed by atoms with Gasteiger partial charge in [-0.25, -0.2) is 0 Å². The third-order valence-electron chi connectivity index (χ3n) is 3.93. The molecule has 1 aromatic carbocycles. The van der Waals surface area contributed by atoms with Gasteiger partial charge in [-0.3, -0.25) is 9.78 Å². The molecule has 21 heavy (non-hydrogen) atoms. The van der Waals surface area contributed by atoms with Gasteiger partial charge in [-0.15, -0.1) is 0 Å². The number of pyridine rings is 1. The smallest absolute Gasteiger partial charge is 0.224 e. The molecule has 1 saturated heterocycles. The number of benzene rings is 1. The Labute approximate surface area is 129 Å². The third kappa shape index (κ3) is 2.81. The van der Waals surface area contributed by atoms with Gasteiger partial charge in [0.05, 0.1) is 11.4 Å². The zero-order chi connectivity index (χ0) is 14.8. The summed E-state index contributed by atoms with van der Waals surface area (Å²) in [6, 6.07) is 7.72. The van der Waals surface area contributed by atoms with E-state index >= 15 is 0 Å². The molecule has 0 radical (unpaired) electrons. The van der Waals surface area contributed by atoms with Gasteiger partial charge in [-0.1, -0.05) is 11.6 Å². The molecule has 1 atom stereocenters. The molecule has 1 amide bonds. The number of fused-ring (bicyclic) bond motifs is 1. The minimum Gasteiger partial charge on any atom is -0.370 e. The molecule has 0 aliphatic carbocycles. The fraction of sp³-hybridized carbons (Fsp3) is 0.375. The Morgan fingerprint density at radius 2 is 2.33 bits per heavy atom. The van der Waals surface area contributed by atoms with Crippen molar-refractivity contribution >= 4 is 34.1 Å². The zero-order valence-corrected chi connectivity index (χ0v) is 12.7. The maximum atomic E-state index is 12.0. The number of halogens is 1. The lowest BCUT2D eigenvalue weighted by atomic mass is 10.1. The van der Waals surface area contributed by atoms with E-state index in [1.54, 1.807) is 0 Å². The van der Waals surface area contributed by atoms with Crippen LogP contribution in [0.5, 0.6) is 0 Å². The van der Waals surface area contributed by atoms with Crippen LogP contribution in [-0.2, 0) is 4.79 Å². The van der Waals surface area contributed by atoms with Crippen LogP contribution in [-0.4, -0.2) is 30.5 Å². The predicted octanol–water partition coefficient (Wildman–Crippen LogP) is 2.85. The van der Waals surface area contributed by atoms with Crippen LogP contribution < -0.4 is 10.2 Å². The van der Waals surface area contributed by atoms with E-state index in [4.69, 9.17) is 11.6 Å². The van der Waals surface area contributed by atoms with Gasteiger partial charge in [0, 0.05) is 41.9 Å². The highest BCUT2D eigenvalue weighted by molar-refractivity contribution is 6.31.